The van der Waals surface area contributed by atoms with Crippen LogP contribution in [0.1, 0.15) is 16.7 Å². The number of benzene rings is 1. The third-order valence-corrected chi connectivity index (χ3v) is 2.95. The highest BCUT2D eigenvalue weighted by Crippen LogP contribution is 2.29. The van der Waals surface area contributed by atoms with Crippen molar-refractivity contribution >= 4 is 5.82 Å². The molecular formula is C13H14F3N3O. The molecule has 0 unspecified atom stereocenters. The van der Waals surface area contributed by atoms with E-state index in [4.69, 9.17) is 10.8 Å². The molecule has 0 spiro atoms. The van der Waals surface area contributed by atoms with Crippen LogP contribution >= 0.6 is 0 Å². The number of hydrogen-bond donors (Lipinski definition) is 2. The topological polar surface area (TPSA) is 64.1 Å². The van der Waals surface area contributed by atoms with Crippen molar-refractivity contribution in [3.05, 3.63) is 47.2 Å². The van der Waals surface area contributed by atoms with Crippen LogP contribution in [0.2, 0.25) is 0 Å². The largest absolute Gasteiger partial charge is 0.416 e. The number of nitrogen functional groups attached to an aromatic ring is 1. The molecule has 1 aromatic heterocycles. The second-order valence-electron chi connectivity index (χ2n) is 4.38. The van der Waals surface area contributed by atoms with Gasteiger partial charge in [-0.15, -0.1) is 0 Å². The predicted molar refractivity (Wildman–Crippen MR) is 68.0 cm³/mol. The Labute approximate surface area is 113 Å². The lowest BCUT2D eigenvalue weighted by atomic mass is 10.1. The Bertz CT molecular complexity index is 576. The first-order chi connectivity index (χ1) is 9.41. The summed E-state index contributed by atoms with van der Waals surface area (Å²) >= 11 is 0. The SMILES string of the molecule is Nc1c(CCO)cnn1Cc1ccc(C(F)(F)F)cc1. The molecule has 20 heavy (non-hydrogen) atoms. The lowest BCUT2D eigenvalue weighted by Crippen LogP contribution is -2.08. The molecule has 0 fully saturated rings. The van der Waals surface area contributed by atoms with Gasteiger partial charge in [0.1, 0.15) is 5.82 Å². The Kier molecular flexibility index (Phi) is 3.99. The molecule has 0 radical (unpaired) electrons. The molecule has 7 heteroatoms. The highest BCUT2D eigenvalue weighted by atomic mass is 19.4. The average Bonchev–Trinajstić information content (AvgIpc) is 2.72. The fourth-order valence-corrected chi connectivity index (χ4v) is 1.84. The summed E-state index contributed by atoms with van der Waals surface area (Å²) in [7, 11) is 0. The molecule has 0 saturated carbocycles. The van der Waals surface area contributed by atoms with Crippen molar-refractivity contribution in [2.24, 2.45) is 0 Å². The van der Waals surface area contributed by atoms with Gasteiger partial charge in [0.2, 0.25) is 0 Å². The van der Waals surface area contributed by atoms with Gasteiger partial charge in [0.25, 0.3) is 0 Å². The van der Waals surface area contributed by atoms with E-state index in [-0.39, 0.29) is 13.2 Å². The summed E-state index contributed by atoms with van der Waals surface area (Å²) in [6.45, 7) is 0.256. The Morgan fingerprint density at radius 2 is 1.85 bits per heavy atom. The van der Waals surface area contributed by atoms with Crippen LogP contribution in [0.5, 0.6) is 0 Å². The van der Waals surface area contributed by atoms with E-state index in [1.165, 1.54) is 16.8 Å². The van der Waals surface area contributed by atoms with Crippen molar-refractivity contribution in [3.8, 4) is 0 Å². The standard InChI is InChI=1S/C13H14F3N3O/c14-13(15,16)11-3-1-9(2-4-11)8-19-12(17)10(5-6-20)7-18-19/h1-4,7,20H,5-6,8,17H2. The summed E-state index contributed by atoms with van der Waals surface area (Å²) in [5.41, 5.74) is 6.55. The van der Waals surface area contributed by atoms with E-state index in [1.807, 2.05) is 0 Å². The number of aliphatic hydroxyl groups excluding tert-OH is 1. The van der Waals surface area contributed by atoms with E-state index in [2.05, 4.69) is 5.10 Å². The quantitative estimate of drug-likeness (QED) is 0.904. The number of nitrogens with zero attached hydrogens (tertiary/aromatic N) is 2. The van der Waals surface area contributed by atoms with E-state index in [0.717, 1.165) is 17.7 Å². The molecule has 0 aliphatic rings. The first kappa shape index (κ1) is 14.4. The maximum absolute atomic E-state index is 12.4. The van der Waals surface area contributed by atoms with Crippen molar-refractivity contribution in [1.29, 1.82) is 0 Å². The van der Waals surface area contributed by atoms with Crippen LogP contribution in [-0.4, -0.2) is 21.5 Å². The van der Waals surface area contributed by atoms with Gasteiger partial charge in [-0.05, 0) is 17.7 Å². The summed E-state index contributed by atoms with van der Waals surface area (Å²) in [6, 6.07) is 4.86. The summed E-state index contributed by atoms with van der Waals surface area (Å²) in [5, 5.41) is 12.9. The van der Waals surface area contributed by atoms with Crippen LogP contribution in [0.15, 0.2) is 30.5 Å². The number of halogens is 3. The maximum Gasteiger partial charge on any atom is 0.416 e. The van der Waals surface area contributed by atoms with Crippen molar-refractivity contribution in [1.82, 2.24) is 9.78 Å². The lowest BCUT2D eigenvalue weighted by molar-refractivity contribution is -0.137. The number of nitrogens with two attached hydrogens (primary N) is 1. The molecular weight excluding hydrogens is 271 g/mol. The number of anilines is 1. The van der Waals surface area contributed by atoms with Crippen LogP contribution in [-0.2, 0) is 19.1 Å². The molecule has 0 amide bonds. The Balaban J connectivity index is 2.14. The average molecular weight is 285 g/mol. The molecule has 0 atom stereocenters. The number of alkyl halides is 3. The van der Waals surface area contributed by atoms with Gasteiger partial charge in [0.05, 0.1) is 18.3 Å². The van der Waals surface area contributed by atoms with Gasteiger partial charge in [-0.2, -0.15) is 18.3 Å². The normalized spacial score (nSPS) is 11.8. The zero-order valence-corrected chi connectivity index (χ0v) is 10.6. The first-order valence-electron chi connectivity index (χ1n) is 5.99. The van der Waals surface area contributed by atoms with Gasteiger partial charge < -0.3 is 10.8 Å². The number of aromatic nitrogens is 2. The van der Waals surface area contributed by atoms with Gasteiger partial charge in [0, 0.05) is 18.6 Å². The predicted octanol–water partition coefficient (Wildman–Crippen LogP) is 2.07. The Morgan fingerprint density at radius 3 is 2.40 bits per heavy atom. The van der Waals surface area contributed by atoms with E-state index in [9.17, 15) is 13.2 Å². The van der Waals surface area contributed by atoms with Gasteiger partial charge in [-0.1, -0.05) is 12.1 Å². The third kappa shape index (κ3) is 3.11. The van der Waals surface area contributed by atoms with E-state index < -0.39 is 11.7 Å². The number of rotatable bonds is 4. The molecule has 108 valence electrons. The molecule has 1 heterocycles. The van der Waals surface area contributed by atoms with E-state index in [0.29, 0.717) is 17.8 Å². The molecule has 2 aromatic rings. The minimum atomic E-state index is -4.34. The molecule has 4 nitrogen and oxygen atoms in total. The zero-order valence-electron chi connectivity index (χ0n) is 10.6. The first-order valence-corrected chi connectivity index (χ1v) is 5.99. The minimum absolute atomic E-state index is 0.0316. The summed E-state index contributed by atoms with van der Waals surface area (Å²) in [4.78, 5) is 0. The highest BCUT2D eigenvalue weighted by Gasteiger charge is 2.29. The van der Waals surface area contributed by atoms with Gasteiger partial charge in [0.15, 0.2) is 0 Å². The fraction of sp³-hybridized carbons (Fsp3) is 0.308. The Hall–Kier alpha value is -2.02. The molecule has 0 aliphatic heterocycles. The molecule has 0 aliphatic carbocycles. The van der Waals surface area contributed by atoms with Crippen molar-refractivity contribution < 1.29 is 18.3 Å². The Morgan fingerprint density at radius 1 is 1.20 bits per heavy atom. The van der Waals surface area contributed by atoms with Crippen LogP contribution in [0.25, 0.3) is 0 Å². The van der Waals surface area contributed by atoms with E-state index >= 15 is 0 Å². The van der Waals surface area contributed by atoms with Crippen LogP contribution in [0, 0.1) is 0 Å². The molecule has 1 aromatic carbocycles. The summed E-state index contributed by atoms with van der Waals surface area (Å²) in [6.07, 6.45) is -2.38. The van der Waals surface area contributed by atoms with Crippen LogP contribution in [0.3, 0.4) is 0 Å². The molecule has 0 saturated heterocycles. The minimum Gasteiger partial charge on any atom is -0.396 e. The second-order valence-corrected chi connectivity index (χ2v) is 4.38. The monoisotopic (exact) mass is 285 g/mol. The molecule has 0 bridgehead atoms. The lowest BCUT2D eigenvalue weighted by Gasteiger charge is -2.08. The maximum atomic E-state index is 12.4. The fourth-order valence-electron chi connectivity index (χ4n) is 1.84. The van der Waals surface area contributed by atoms with Crippen molar-refractivity contribution in [3.63, 3.8) is 0 Å². The smallest absolute Gasteiger partial charge is 0.396 e. The molecule has 2 rings (SSSR count). The highest BCUT2D eigenvalue weighted by molar-refractivity contribution is 5.39. The summed E-state index contributed by atoms with van der Waals surface area (Å²) < 4.78 is 38.8. The van der Waals surface area contributed by atoms with Crippen LogP contribution < -0.4 is 5.73 Å². The van der Waals surface area contributed by atoms with Gasteiger partial charge in [-0.3, -0.25) is 0 Å². The number of hydrogen-bond acceptors (Lipinski definition) is 3. The molecule has 3 N–H and O–H groups in total. The van der Waals surface area contributed by atoms with Gasteiger partial charge >= 0.3 is 6.18 Å². The second kappa shape index (κ2) is 5.54. The third-order valence-electron chi connectivity index (χ3n) is 2.95. The van der Waals surface area contributed by atoms with Crippen LogP contribution in [0.4, 0.5) is 19.0 Å². The summed E-state index contributed by atoms with van der Waals surface area (Å²) in [5.74, 6) is 0.416. The van der Waals surface area contributed by atoms with Gasteiger partial charge in [-0.25, -0.2) is 4.68 Å². The van der Waals surface area contributed by atoms with E-state index in [1.54, 1.807) is 6.20 Å². The van der Waals surface area contributed by atoms with Crippen molar-refractivity contribution in [2.45, 2.75) is 19.1 Å². The zero-order chi connectivity index (χ0) is 14.8. The number of aliphatic hydroxyl groups is 1. The van der Waals surface area contributed by atoms with Crippen molar-refractivity contribution in [2.75, 3.05) is 12.3 Å².